The third-order valence-corrected chi connectivity index (χ3v) is 4.13. The molecule has 1 saturated heterocycles. The van der Waals surface area contributed by atoms with Crippen molar-refractivity contribution in [2.24, 2.45) is 0 Å². The van der Waals surface area contributed by atoms with E-state index in [2.05, 4.69) is 36.3 Å². The lowest BCUT2D eigenvalue weighted by atomic mass is 10.3. The van der Waals surface area contributed by atoms with E-state index in [-0.39, 0.29) is 0 Å². The highest BCUT2D eigenvalue weighted by Crippen LogP contribution is 2.32. The SMILES string of the molecule is CCNc1cc(SC2CCOC2C)ccn1. The molecule has 1 aliphatic rings. The summed E-state index contributed by atoms with van der Waals surface area (Å²) in [7, 11) is 0. The predicted molar refractivity (Wildman–Crippen MR) is 68.1 cm³/mol. The van der Waals surface area contributed by atoms with Crippen LogP contribution in [0.2, 0.25) is 0 Å². The number of nitrogens with zero attached hydrogens (tertiary/aromatic N) is 1. The zero-order chi connectivity index (χ0) is 11.4. The average molecular weight is 238 g/mol. The number of ether oxygens (including phenoxy) is 1. The Labute approximate surface area is 101 Å². The molecular weight excluding hydrogens is 220 g/mol. The molecule has 1 N–H and O–H groups in total. The lowest BCUT2D eigenvalue weighted by Crippen LogP contribution is -2.13. The summed E-state index contributed by atoms with van der Waals surface area (Å²) in [6.45, 7) is 6.03. The normalized spacial score (nSPS) is 24.6. The minimum Gasteiger partial charge on any atom is -0.377 e. The van der Waals surface area contributed by atoms with Crippen LogP contribution >= 0.6 is 11.8 Å². The van der Waals surface area contributed by atoms with Gasteiger partial charge >= 0.3 is 0 Å². The van der Waals surface area contributed by atoms with Crippen LogP contribution in [0.25, 0.3) is 0 Å². The van der Waals surface area contributed by atoms with Crippen molar-refractivity contribution in [3.8, 4) is 0 Å². The minimum atomic E-state index is 0.362. The van der Waals surface area contributed by atoms with Gasteiger partial charge in [-0.1, -0.05) is 0 Å². The van der Waals surface area contributed by atoms with Crippen LogP contribution in [0.1, 0.15) is 20.3 Å². The molecule has 2 unspecified atom stereocenters. The molecule has 88 valence electrons. The Kier molecular flexibility index (Phi) is 4.07. The molecule has 3 nitrogen and oxygen atoms in total. The van der Waals surface area contributed by atoms with Crippen molar-refractivity contribution in [2.75, 3.05) is 18.5 Å². The summed E-state index contributed by atoms with van der Waals surface area (Å²) in [5.74, 6) is 0.957. The fourth-order valence-corrected chi connectivity index (χ4v) is 2.96. The molecule has 2 heterocycles. The smallest absolute Gasteiger partial charge is 0.126 e. The third kappa shape index (κ3) is 2.89. The van der Waals surface area contributed by atoms with E-state index >= 15 is 0 Å². The Morgan fingerprint density at radius 2 is 2.50 bits per heavy atom. The minimum absolute atomic E-state index is 0.362. The van der Waals surface area contributed by atoms with Gasteiger partial charge in [-0.25, -0.2) is 4.98 Å². The quantitative estimate of drug-likeness (QED) is 0.874. The molecule has 0 saturated carbocycles. The molecular formula is C12H18N2OS. The van der Waals surface area contributed by atoms with Gasteiger partial charge in [0.2, 0.25) is 0 Å². The van der Waals surface area contributed by atoms with Crippen LogP contribution in [-0.2, 0) is 4.74 Å². The fourth-order valence-electron chi connectivity index (χ4n) is 1.80. The molecule has 0 radical (unpaired) electrons. The van der Waals surface area contributed by atoms with Gasteiger partial charge in [0.05, 0.1) is 6.10 Å². The summed E-state index contributed by atoms with van der Waals surface area (Å²) >= 11 is 1.89. The van der Waals surface area contributed by atoms with Gasteiger partial charge in [0.15, 0.2) is 0 Å². The van der Waals surface area contributed by atoms with Crippen LogP contribution < -0.4 is 5.32 Å². The second-order valence-corrected chi connectivity index (χ2v) is 5.24. The molecule has 1 aliphatic heterocycles. The van der Waals surface area contributed by atoms with Gasteiger partial charge in [-0.05, 0) is 32.4 Å². The Morgan fingerprint density at radius 1 is 1.62 bits per heavy atom. The fraction of sp³-hybridized carbons (Fsp3) is 0.583. The third-order valence-electron chi connectivity index (χ3n) is 2.68. The summed E-state index contributed by atoms with van der Waals surface area (Å²) in [5, 5.41) is 3.81. The predicted octanol–water partition coefficient (Wildman–Crippen LogP) is 2.78. The van der Waals surface area contributed by atoms with E-state index in [9.17, 15) is 0 Å². The number of rotatable bonds is 4. The highest BCUT2D eigenvalue weighted by atomic mass is 32.2. The molecule has 1 fully saturated rings. The van der Waals surface area contributed by atoms with Crippen molar-refractivity contribution in [3.63, 3.8) is 0 Å². The van der Waals surface area contributed by atoms with E-state index < -0.39 is 0 Å². The van der Waals surface area contributed by atoms with Crippen molar-refractivity contribution in [1.29, 1.82) is 0 Å². The molecule has 0 spiro atoms. The monoisotopic (exact) mass is 238 g/mol. The molecule has 2 atom stereocenters. The first-order valence-electron chi connectivity index (χ1n) is 5.77. The molecule has 0 aliphatic carbocycles. The summed E-state index contributed by atoms with van der Waals surface area (Å²) < 4.78 is 5.56. The molecule has 4 heteroatoms. The molecule has 1 aromatic rings. The lowest BCUT2D eigenvalue weighted by Gasteiger charge is -2.13. The second-order valence-electron chi connectivity index (χ2n) is 3.93. The van der Waals surface area contributed by atoms with Gasteiger partial charge in [0, 0.05) is 29.5 Å². The van der Waals surface area contributed by atoms with E-state index in [1.54, 1.807) is 0 Å². The van der Waals surface area contributed by atoms with Crippen LogP contribution in [0.5, 0.6) is 0 Å². The molecule has 2 rings (SSSR count). The van der Waals surface area contributed by atoms with Gasteiger partial charge < -0.3 is 10.1 Å². The Morgan fingerprint density at radius 3 is 3.19 bits per heavy atom. The number of hydrogen-bond acceptors (Lipinski definition) is 4. The van der Waals surface area contributed by atoms with Crippen LogP contribution in [-0.4, -0.2) is 29.5 Å². The highest BCUT2D eigenvalue weighted by Gasteiger charge is 2.25. The first-order valence-corrected chi connectivity index (χ1v) is 6.65. The van der Waals surface area contributed by atoms with E-state index in [1.807, 2.05) is 18.0 Å². The van der Waals surface area contributed by atoms with Gasteiger partial charge in [-0.3, -0.25) is 0 Å². The van der Waals surface area contributed by atoms with Crippen LogP contribution in [0.15, 0.2) is 23.2 Å². The van der Waals surface area contributed by atoms with Crippen molar-refractivity contribution in [1.82, 2.24) is 4.98 Å². The zero-order valence-corrected chi connectivity index (χ0v) is 10.6. The summed E-state index contributed by atoms with van der Waals surface area (Å²) in [5.41, 5.74) is 0. The van der Waals surface area contributed by atoms with E-state index in [1.165, 1.54) is 4.90 Å². The molecule has 0 aromatic carbocycles. The van der Waals surface area contributed by atoms with E-state index in [0.717, 1.165) is 25.4 Å². The summed E-state index contributed by atoms with van der Waals surface area (Å²) in [6, 6.07) is 4.18. The average Bonchev–Trinajstić information content (AvgIpc) is 2.66. The number of thioether (sulfide) groups is 1. The molecule has 0 amide bonds. The standard InChI is InChI=1S/C12H18N2OS/c1-3-13-12-8-10(4-6-14-12)16-11-5-7-15-9(11)2/h4,6,8-9,11H,3,5,7H2,1-2H3,(H,13,14). The van der Waals surface area contributed by atoms with Gasteiger partial charge in [0.1, 0.15) is 5.82 Å². The Hall–Kier alpha value is -0.740. The largest absolute Gasteiger partial charge is 0.377 e. The number of nitrogens with one attached hydrogen (secondary N) is 1. The molecule has 1 aromatic heterocycles. The first kappa shape index (κ1) is 11.7. The number of aromatic nitrogens is 1. The maximum atomic E-state index is 5.56. The van der Waals surface area contributed by atoms with E-state index in [4.69, 9.17) is 4.74 Å². The first-order chi connectivity index (χ1) is 7.79. The van der Waals surface area contributed by atoms with Crippen LogP contribution in [0, 0.1) is 0 Å². The Balaban J connectivity index is 2.00. The van der Waals surface area contributed by atoms with Crippen molar-refractivity contribution >= 4 is 17.6 Å². The molecule has 16 heavy (non-hydrogen) atoms. The van der Waals surface area contributed by atoms with Crippen molar-refractivity contribution in [3.05, 3.63) is 18.3 Å². The maximum Gasteiger partial charge on any atom is 0.126 e. The zero-order valence-electron chi connectivity index (χ0n) is 9.77. The van der Waals surface area contributed by atoms with Gasteiger partial charge in [0.25, 0.3) is 0 Å². The molecule has 0 bridgehead atoms. The van der Waals surface area contributed by atoms with Gasteiger partial charge in [-0.2, -0.15) is 0 Å². The van der Waals surface area contributed by atoms with Crippen LogP contribution in [0.4, 0.5) is 5.82 Å². The topological polar surface area (TPSA) is 34.1 Å². The lowest BCUT2D eigenvalue weighted by molar-refractivity contribution is 0.127. The van der Waals surface area contributed by atoms with Crippen molar-refractivity contribution < 1.29 is 4.74 Å². The van der Waals surface area contributed by atoms with E-state index in [0.29, 0.717) is 11.4 Å². The second kappa shape index (κ2) is 5.55. The van der Waals surface area contributed by atoms with Crippen LogP contribution in [0.3, 0.4) is 0 Å². The summed E-state index contributed by atoms with van der Waals surface area (Å²) in [4.78, 5) is 5.54. The number of hydrogen-bond donors (Lipinski definition) is 1. The number of pyridine rings is 1. The number of anilines is 1. The highest BCUT2D eigenvalue weighted by molar-refractivity contribution is 8.00. The summed E-state index contributed by atoms with van der Waals surface area (Å²) in [6.07, 6.45) is 3.37. The van der Waals surface area contributed by atoms with Gasteiger partial charge in [-0.15, -0.1) is 11.8 Å². The Bertz CT molecular complexity index is 346. The van der Waals surface area contributed by atoms with Crippen molar-refractivity contribution in [2.45, 2.75) is 36.5 Å². The maximum absolute atomic E-state index is 5.56.